The highest BCUT2D eigenvalue weighted by atomic mass is 32.1. The molecule has 18 heavy (non-hydrogen) atoms. The van der Waals surface area contributed by atoms with Gasteiger partial charge in [-0.1, -0.05) is 16.5 Å². The summed E-state index contributed by atoms with van der Waals surface area (Å²) < 4.78 is 9.45. The van der Waals surface area contributed by atoms with E-state index in [0.29, 0.717) is 34.7 Å². The van der Waals surface area contributed by atoms with Crippen LogP contribution in [0.1, 0.15) is 21.4 Å². The summed E-state index contributed by atoms with van der Waals surface area (Å²) in [5.74, 6) is 0.811. The molecule has 0 aliphatic rings. The van der Waals surface area contributed by atoms with Crippen LogP contribution in [0, 0.1) is 6.92 Å². The fourth-order valence-electron chi connectivity index (χ4n) is 1.27. The van der Waals surface area contributed by atoms with Crippen molar-refractivity contribution in [3.05, 3.63) is 22.8 Å². The van der Waals surface area contributed by atoms with Gasteiger partial charge in [-0.25, -0.2) is 9.78 Å². The molecule has 2 heterocycles. The first-order valence-corrected chi connectivity index (χ1v) is 6.08. The molecule has 0 aliphatic heterocycles. The van der Waals surface area contributed by atoms with E-state index >= 15 is 0 Å². The largest absolute Gasteiger partial charge is 0.465 e. The van der Waals surface area contributed by atoms with E-state index in [1.165, 1.54) is 24.6 Å². The molecule has 1 N–H and O–H groups in total. The number of esters is 1. The number of thiazole rings is 1. The quantitative estimate of drug-likeness (QED) is 0.817. The Balaban J connectivity index is 1.83. The summed E-state index contributed by atoms with van der Waals surface area (Å²) in [5.41, 5.74) is 0. The van der Waals surface area contributed by atoms with Crippen molar-refractivity contribution in [2.45, 2.75) is 13.3 Å². The van der Waals surface area contributed by atoms with E-state index in [4.69, 9.17) is 4.52 Å². The van der Waals surface area contributed by atoms with Gasteiger partial charge in [0.25, 0.3) is 0 Å². The predicted octanol–water partition coefficient (Wildman–Crippen LogP) is 1.28. The molecule has 0 amide bonds. The van der Waals surface area contributed by atoms with Crippen LogP contribution in [-0.4, -0.2) is 34.7 Å². The normalized spacial score (nSPS) is 10.3. The third kappa shape index (κ3) is 3.04. The van der Waals surface area contributed by atoms with E-state index in [2.05, 4.69) is 25.2 Å². The zero-order valence-corrected chi connectivity index (χ0v) is 10.8. The Morgan fingerprint density at radius 3 is 3.11 bits per heavy atom. The number of ether oxygens (including phenoxy) is 1. The Bertz CT molecular complexity index is 537. The molecule has 0 saturated carbocycles. The number of aromatic nitrogens is 3. The Morgan fingerprint density at radius 1 is 1.61 bits per heavy atom. The molecule has 8 heteroatoms. The Kier molecular flexibility index (Phi) is 3.88. The summed E-state index contributed by atoms with van der Waals surface area (Å²) in [5, 5.41) is 7.52. The van der Waals surface area contributed by atoms with Gasteiger partial charge in [-0.3, -0.25) is 0 Å². The van der Waals surface area contributed by atoms with Gasteiger partial charge in [0.1, 0.15) is 4.88 Å². The van der Waals surface area contributed by atoms with Gasteiger partial charge in [0.2, 0.25) is 5.89 Å². The predicted molar refractivity (Wildman–Crippen MR) is 64.7 cm³/mol. The van der Waals surface area contributed by atoms with Gasteiger partial charge < -0.3 is 14.6 Å². The molecule has 0 bridgehead atoms. The summed E-state index contributed by atoms with van der Waals surface area (Å²) in [6.45, 7) is 2.36. The molecule has 2 aromatic rings. The second-order valence-corrected chi connectivity index (χ2v) is 4.46. The van der Waals surface area contributed by atoms with Gasteiger partial charge in [-0.2, -0.15) is 4.98 Å². The van der Waals surface area contributed by atoms with Crippen molar-refractivity contribution in [3.63, 3.8) is 0 Å². The first-order valence-electron chi connectivity index (χ1n) is 5.26. The number of methoxy groups -OCH3 is 1. The molecule has 0 unspecified atom stereocenters. The lowest BCUT2D eigenvalue weighted by atomic mass is 10.4. The summed E-state index contributed by atoms with van der Waals surface area (Å²) in [6.07, 6.45) is 2.11. The van der Waals surface area contributed by atoms with Crippen molar-refractivity contribution in [2.75, 3.05) is 19.0 Å². The van der Waals surface area contributed by atoms with Crippen LogP contribution in [0.5, 0.6) is 0 Å². The van der Waals surface area contributed by atoms with Gasteiger partial charge in [0, 0.05) is 19.9 Å². The molecule has 2 aromatic heterocycles. The maximum Gasteiger partial charge on any atom is 0.349 e. The Labute approximate surface area is 107 Å². The second-order valence-electron chi connectivity index (χ2n) is 3.43. The van der Waals surface area contributed by atoms with Gasteiger partial charge in [-0.05, 0) is 0 Å². The minimum Gasteiger partial charge on any atom is -0.465 e. The number of carbonyl (C=O) groups is 1. The van der Waals surface area contributed by atoms with E-state index in [1.807, 2.05) is 0 Å². The zero-order chi connectivity index (χ0) is 13.0. The van der Waals surface area contributed by atoms with E-state index in [1.54, 1.807) is 6.92 Å². The SMILES string of the molecule is COC(=O)c1cnc(NCCc2noc(C)n2)s1. The number of nitrogens with one attached hydrogen (secondary N) is 1. The van der Waals surface area contributed by atoms with E-state index < -0.39 is 0 Å². The Morgan fingerprint density at radius 2 is 2.44 bits per heavy atom. The minimum absolute atomic E-state index is 0.380. The number of hydrogen-bond acceptors (Lipinski definition) is 8. The van der Waals surface area contributed by atoms with Crippen molar-refractivity contribution in [1.29, 1.82) is 0 Å². The minimum atomic E-state index is -0.380. The standard InChI is InChI=1S/C10H12N4O3S/c1-6-13-8(14-17-6)3-4-11-10-12-5-7(18-10)9(15)16-2/h5H,3-4H2,1-2H3,(H,11,12). The van der Waals surface area contributed by atoms with Gasteiger partial charge >= 0.3 is 5.97 Å². The van der Waals surface area contributed by atoms with Crippen LogP contribution in [0.2, 0.25) is 0 Å². The maximum atomic E-state index is 11.2. The molecular formula is C10H12N4O3S. The van der Waals surface area contributed by atoms with Gasteiger partial charge in [-0.15, -0.1) is 0 Å². The molecule has 0 aromatic carbocycles. The third-order valence-electron chi connectivity index (χ3n) is 2.09. The fraction of sp³-hybridized carbons (Fsp3) is 0.400. The summed E-state index contributed by atoms with van der Waals surface area (Å²) >= 11 is 1.24. The van der Waals surface area contributed by atoms with Crippen molar-refractivity contribution < 1.29 is 14.1 Å². The first-order chi connectivity index (χ1) is 8.69. The lowest BCUT2D eigenvalue weighted by molar-refractivity contribution is 0.0606. The third-order valence-corrected chi connectivity index (χ3v) is 3.02. The molecule has 0 spiro atoms. The monoisotopic (exact) mass is 268 g/mol. The smallest absolute Gasteiger partial charge is 0.349 e. The molecule has 0 fully saturated rings. The van der Waals surface area contributed by atoms with Crippen LogP contribution in [-0.2, 0) is 11.2 Å². The maximum absolute atomic E-state index is 11.2. The number of aryl methyl sites for hydroxylation is 1. The van der Waals surface area contributed by atoms with Crippen LogP contribution in [0.15, 0.2) is 10.7 Å². The van der Waals surface area contributed by atoms with E-state index in [9.17, 15) is 4.79 Å². The number of rotatable bonds is 5. The van der Waals surface area contributed by atoms with Crippen LogP contribution < -0.4 is 5.32 Å². The highest BCUT2D eigenvalue weighted by molar-refractivity contribution is 7.17. The average Bonchev–Trinajstić information content (AvgIpc) is 2.98. The van der Waals surface area contributed by atoms with E-state index in [0.717, 1.165) is 0 Å². The lowest BCUT2D eigenvalue weighted by Gasteiger charge is -1.98. The van der Waals surface area contributed by atoms with Crippen LogP contribution in [0.25, 0.3) is 0 Å². The summed E-state index contributed by atoms with van der Waals surface area (Å²) in [4.78, 5) is 19.8. The fourth-order valence-corrected chi connectivity index (χ4v) is 2.03. The van der Waals surface area contributed by atoms with E-state index in [-0.39, 0.29) is 5.97 Å². The second kappa shape index (κ2) is 5.58. The van der Waals surface area contributed by atoms with Crippen molar-refractivity contribution in [2.24, 2.45) is 0 Å². The number of anilines is 1. The van der Waals surface area contributed by atoms with Crippen molar-refractivity contribution >= 4 is 22.4 Å². The highest BCUT2D eigenvalue weighted by Gasteiger charge is 2.10. The van der Waals surface area contributed by atoms with Gasteiger partial charge in [0.15, 0.2) is 11.0 Å². The molecule has 0 aliphatic carbocycles. The summed E-state index contributed by atoms with van der Waals surface area (Å²) in [6, 6.07) is 0. The van der Waals surface area contributed by atoms with Crippen LogP contribution in [0.4, 0.5) is 5.13 Å². The van der Waals surface area contributed by atoms with Crippen molar-refractivity contribution in [3.8, 4) is 0 Å². The van der Waals surface area contributed by atoms with Crippen LogP contribution in [0.3, 0.4) is 0 Å². The molecule has 0 saturated heterocycles. The molecular weight excluding hydrogens is 256 g/mol. The highest BCUT2D eigenvalue weighted by Crippen LogP contribution is 2.18. The molecule has 96 valence electrons. The topological polar surface area (TPSA) is 90.1 Å². The summed E-state index contributed by atoms with van der Waals surface area (Å²) in [7, 11) is 1.34. The zero-order valence-electron chi connectivity index (χ0n) is 9.97. The molecule has 7 nitrogen and oxygen atoms in total. The Hall–Kier alpha value is -1.96. The first kappa shape index (κ1) is 12.5. The average molecular weight is 268 g/mol. The molecule has 0 radical (unpaired) electrons. The van der Waals surface area contributed by atoms with Crippen LogP contribution >= 0.6 is 11.3 Å². The van der Waals surface area contributed by atoms with Crippen molar-refractivity contribution in [1.82, 2.24) is 15.1 Å². The number of nitrogens with zero attached hydrogens (tertiary/aromatic N) is 3. The number of carbonyl (C=O) groups excluding carboxylic acids is 1. The molecule has 0 atom stereocenters. The molecule has 2 rings (SSSR count). The number of hydrogen-bond donors (Lipinski definition) is 1. The van der Waals surface area contributed by atoms with Gasteiger partial charge in [0.05, 0.1) is 13.3 Å². The lowest BCUT2D eigenvalue weighted by Crippen LogP contribution is -2.05.